The molecule has 2 aromatic rings. The Labute approximate surface area is 103 Å². The molecule has 0 radical (unpaired) electrons. The molecular formula is C12H12N2O2S. The summed E-state index contributed by atoms with van der Waals surface area (Å²) in [6, 6.07) is 6.51. The van der Waals surface area contributed by atoms with E-state index >= 15 is 0 Å². The average Bonchev–Trinajstić information content (AvgIpc) is 2.78. The highest BCUT2D eigenvalue weighted by molar-refractivity contribution is 7.13. The van der Waals surface area contributed by atoms with Crippen molar-refractivity contribution in [2.45, 2.75) is 19.8 Å². The summed E-state index contributed by atoms with van der Waals surface area (Å²) in [6.45, 7) is 2.12. The largest absolute Gasteiger partial charge is 0.269 e. The predicted molar refractivity (Wildman–Crippen MR) is 68.2 cm³/mol. The van der Waals surface area contributed by atoms with Gasteiger partial charge in [0.1, 0.15) is 5.01 Å². The van der Waals surface area contributed by atoms with Crippen LogP contribution in [-0.2, 0) is 6.42 Å². The van der Waals surface area contributed by atoms with Crippen LogP contribution in [0.1, 0.15) is 19.0 Å². The number of nitro groups is 1. The number of thiazole rings is 1. The van der Waals surface area contributed by atoms with E-state index < -0.39 is 4.92 Å². The Bertz CT molecular complexity index is 520. The van der Waals surface area contributed by atoms with Crippen LogP contribution in [0.15, 0.2) is 29.6 Å². The predicted octanol–water partition coefficient (Wildman–Crippen LogP) is 3.67. The Morgan fingerprint density at radius 1 is 1.35 bits per heavy atom. The third kappa shape index (κ3) is 2.68. The van der Waals surface area contributed by atoms with Gasteiger partial charge in [0.15, 0.2) is 0 Å². The summed E-state index contributed by atoms with van der Waals surface area (Å²) in [5.41, 5.74) is 2.13. The summed E-state index contributed by atoms with van der Waals surface area (Å²) < 4.78 is 0. The molecule has 0 saturated heterocycles. The molecule has 0 aliphatic rings. The lowest BCUT2D eigenvalue weighted by Gasteiger charge is -1.95. The van der Waals surface area contributed by atoms with Gasteiger partial charge in [-0.1, -0.05) is 13.3 Å². The van der Waals surface area contributed by atoms with Gasteiger partial charge < -0.3 is 0 Å². The Kier molecular flexibility index (Phi) is 3.49. The summed E-state index contributed by atoms with van der Waals surface area (Å²) in [6.07, 6.45) is 2.05. The lowest BCUT2D eigenvalue weighted by atomic mass is 10.2. The molecule has 4 nitrogen and oxygen atoms in total. The summed E-state index contributed by atoms with van der Waals surface area (Å²) >= 11 is 1.58. The van der Waals surface area contributed by atoms with Gasteiger partial charge in [-0.3, -0.25) is 10.1 Å². The van der Waals surface area contributed by atoms with E-state index in [9.17, 15) is 10.1 Å². The Balaban J connectivity index is 2.23. The topological polar surface area (TPSA) is 56.0 Å². The highest BCUT2D eigenvalue weighted by Crippen LogP contribution is 2.25. The molecule has 17 heavy (non-hydrogen) atoms. The van der Waals surface area contributed by atoms with Crippen molar-refractivity contribution < 1.29 is 4.92 Å². The minimum absolute atomic E-state index is 0.110. The maximum Gasteiger partial charge on any atom is 0.269 e. The number of aromatic nitrogens is 1. The Morgan fingerprint density at radius 2 is 2.06 bits per heavy atom. The zero-order valence-electron chi connectivity index (χ0n) is 9.42. The summed E-state index contributed by atoms with van der Waals surface area (Å²) in [5.74, 6) is 0. The van der Waals surface area contributed by atoms with Crippen LogP contribution in [0.5, 0.6) is 0 Å². The molecule has 0 aliphatic heterocycles. The standard InChI is InChI=1S/C12H12N2O2S/c1-2-3-10-8-17-12(13-10)9-4-6-11(7-5-9)14(15)16/h4-8H,2-3H2,1H3. The first-order valence-electron chi connectivity index (χ1n) is 5.40. The highest BCUT2D eigenvalue weighted by Gasteiger charge is 2.07. The molecule has 0 N–H and O–H groups in total. The zero-order valence-corrected chi connectivity index (χ0v) is 10.2. The number of aryl methyl sites for hydroxylation is 1. The van der Waals surface area contributed by atoms with E-state index in [0.29, 0.717) is 0 Å². The monoisotopic (exact) mass is 248 g/mol. The van der Waals surface area contributed by atoms with Crippen LogP contribution in [-0.4, -0.2) is 9.91 Å². The number of hydrogen-bond acceptors (Lipinski definition) is 4. The number of hydrogen-bond donors (Lipinski definition) is 0. The first kappa shape index (κ1) is 11.7. The minimum Gasteiger partial charge on any atom is -0.258 e. The molecule has 2 rings (SSSR count). The average molecular weight is 248 g/mol. The van der Waals surface area contributed by atoms with Crippen molar-refractivity contribution in [3.8, 4) is 10.6 Å². The second-order valence-electron chi connectivity index (χ2n) is 3.70. The maximum absolute atomic E-state index is 10.5. The SMILES string of the molecule is CCCc1csc(-c2ccc([N+](=O)[O-])cc2)n1. The van der Waals surface area contributed by atoms with E-state index in [1.54, 1.807) is 23.5 Å². The molecule has 1 heterocycles. The number of non-ortho nitro benzene ring substituents is 1. The molecule has 0 atom stereocenters. The van der Waals surface area contributed by atoms with Gasteiger partial charge in [0.25, 0.3) is 5.69 Å². The van der Waals surface area contributed by atoms with Crippen LogP contribution in [0.4, 0.5) is 5.69 Å². The van der Waals surface area contributed by atoms with E-state index in [1.165, 1.54) is 12.1 Å². The van der Waals surface area contributed by atoms with E-state index in [4.69, 9.17) is 0 Å². The molecule has 0 aliphatic carbocycles. The molecule has 0 saturated carbocycles. The molecule has 0 spiro atoms. The smallest absolute Gasteiger partial charge is 0.258 e. The molecule has 0 fully saturated rings. The van der Waals surface area contributed by atoms with Crippen LogP contribution in [0.3, 0.4) is 0 Å². The van der Waals surface area contributed by atoms with Crippen molar-refractivity contribution in [1.29, 1.82) is 0 Å². The van der Waals surface area contributed by atoms with Crippen LogP contribution >= 0.6 is 11.3 Å². The second kappa shape index (κ2) is 5.05. The maximum atomic E-state index is 10.5. The molecule has 1 aromatic heterocycles. The fourth-order valence-corrected chi connectivity index (χ4v) is 2.40. The third-order valence-electron chi connectivity index (χ3n) is 2.38. The lowest BCUT2D eigenvalue weighted by molar-refractivity contribution is -0.384. The van der Waals surface area contributed by atoms with Gasteiger partial charge >= 0.3 is 0 Å². The molecule has 0 amide bonds. The molecule has 0 bridgehead atoms. The zero-order chi connectivity index (χ0) is 12.3. The second-order valence-corrected chi connectivity index (χ2v) is 4.56. The normalized spacial score (nSPS) is 10.4. The van der Waals surface area contributed by atoms with E-state index in [0.717, 1.165) is 29.1 Å². The Morgan fingerprint density at radius 3 is 2.65 bits per heavy atom. The van der Waals surface area contributed by atoms with Gasteiger partial charge in [0.05, 0.1) is 10.6 Å². The number of nitro benzene ring substituents is 1. The number of nitrogens with zero attached hydrogens (tertiary/aromatic N) is 2. The number of benzene rings is 1. The molecule has 5 heteroatoms. The van der Waals surface area contributed by atoms with Crippen molar-refractivity contribution in [2.24, 2.45) is 0 Å². The molecule has 1 aromatic carbocycles. The van der Waals surface area contributed by atoms with Gasteiger partial charge in [-0.05, 0) is 18.6 Å². The lowest BCUT2D eigenvalue weighted by Crippen LogP contribution is -1.87. The van der Waals surface area contributed by atoms with Crippen molar-refractivity contribution in [3.63, 3.8) is 0 Å². The van der Waals surface area contributed by atoms with Crippen LogP contribution in [0, 0.1) is 10.1 Å². The molecular weight excluding hydrogens is 236 g/mol. The minimum atomic E-state index is -0.395. The van der Waals surface area contributed by atoms with Crippen molar-refractivity contribution in [2.75, 3.05) is 0 Å². The fourth-order valence-electron chi connectivity index (χ4n) is 1.54. The van der Waals surface area contributed by atoms with Crippen LogP contribution in [0.2, 0.25) is 0 Å². The van der Waals surface area contributed by atoms with Crippen LogP contribution in [0.25, 0.3) is 10.6 Å². The number of rotatable bonds is 4. The first-order valence-corrected chi connectivity index (χ1v) is 6.28. The van der Waals surface area contributed by atoms with Crippen molar-refractivity contribution in [3.05, 3.63) is 45.5 Å². The van der Waals surface area contributed by atoms with E-state index in [-0.39, 0.29) is 5.69 Å². The molecule has 88 valence electrons. The fraction of sp³-hybridized carbons (Fsp3) is 0.250. The van der Waals surface area contributed by atoms with Gasteiger partial charge in [-0.2, -0.15) is 0 Å². The summed E-state index contributed by atoms with van der Waals surface area (Å²) in [4.78, 5) is 14.6. The van der Waals surface area contributed by atoms with Gasteiger partial charge in [0, 0.05) is 23.1 Å². The van der Waals surface area contributed by atoms with Crippen molar-refractivity contribution in [1.82, 2.24) is 4.98 Å². The van der Waals surface area contributed by atoms with E-state index in [1.807, 2.05) is 5.38 Å². The van der Waals surface area contributed by atoms with Gasteiger partial charge in [0.2, 0.25) is 0 Å². The van der Waals surface area contributed by atoms with Crippen LogP contribution < -0.4 is 0 Å². The Hall–Kier alpha value is -1.75. The summed E-state index contributed by atoms with van der Waals surface area (Å²) in [7, 11) is 0. The van der Waals surface area contributed by atoms with E-state index in [2.05, 4.69) is 11.9 Å². The quantitative estimate of drug-likeness (QED) is 0.612. The summed E-state index contributed by atoms with van der Waals surface area (Å²) in [5, 5.41) is 13.5. The third-order valence-corrected chi connectivity index (χ3v) is 3.32. The first-order chi connectivity index (χ1) is 8.20. The van der Waals surface area contributed by atoms with Crippen molar-refractivity contribution >= 4 is 17.0 Å². The molecule has 0 unspecified atom stereocenters. The highest BCUT2D eigenvalue weighted by atomic mass is 32.1. The van der Waals surface area contributed by atoms with Gasteiger partial charge in [-0.15, -0.1) is 11.3 Å². The van der Waals surface area contributed by atoms with Gasteiger partial charge in [-0.25, -0.2) is 4.98 Å².